The summed E-state index contributed by atoms with van der Waals surface area (Å²) in [6, 6.07) is 0. The lowest BCUT2D eigenvalue weighted by atomic mass is 10.0. The highest BCUT2D eigenvalue weighted by Gasteiger charge is 2.40. The molecule has 0 bridgehead atoms. The van der Waals surface area contributed by atoms with E-state index in [0.717, 1.165) is 13.2 Å². The van der Waals surface area contributed by atoms with Crippen LogP contribution in [0.4, 0.5) is 0 Å². The van der Waals surface area contributed by atoms with Gasteiger partial charge in [0.1, 0.15) is 0 Å². The van der Waals surface area contributed by atoms with E-state index in [2.05, 4.69) is 33.0 Å². The lowest BCUT2D eigenvalue weighted by Gasteiger charge is -2.20. The van der Waals surface area contributed by atoms with Gasteiger partial charge in [-0.2, -0.15) is 0 Å². The van der Waals surface area contributed by atoms with Crippen LogP contribution in [-0.2, 0) is 4.74 Å². The highest BCUT2D eigenvalue weighted by molar-refractivity contribution is 4.94. The van der Waals surface area contributed by atoms with E-state index in [4.69, 9.17) is 4.74 Å². The molecule has 2 heteroatoms. The number of rotatable bonds is 7. The molecule has 2 nitrogen and oxygen atoms in total. The van der Waals surface area contributed by atoms with E-state index in [1.807, 2.05) is 0 Å². The zero-order chi connectivity index (χ0) is 11.4. The summed E-state index contributed by atoms with van der Waals surface area (Å²) in [6.07, 6.45) is 5.56. The molecule has 0 aliphatic heterocycles. The van der Waals surface area contributed by atoms with Crippen molar-refractivity contribution in [2.24, 2.45) is 5.41 Å². The Balaban J connectivity index is 1.98. The van der Waals surface area contributed by atoms with Crippen LogP contribution in [0.25, 0.3) is 0 Å². The Morgan fingerprint density at radius 3 is 2.40 bits per heavy atom. The van der Waals surface area contributed by atoms with Crippen molar-refractivity contribution < 1.29 is 4.74 Å². The third-order valence-electron chi connectivity index (χ3n) is 3.05. The Bertz CT molecular complexity index is 179. The summed E-state index contributed by atoms with van der Waals surface area (Å²) in [5, 5.41) is 3.52. The summed E-state index contributed by atoms with van der Waals surface area (Å²) < 4.78 is 5.66. The van der Waals surface area contributed by atoms with Crippen molar-refractivity contribution in [2.75, 3.05) is 19.7 Å². The van der Waals surface area contributed by atoms with Crippen molar-refractivity contribution in [2.45, 2.75) is 59.0 Å². The molecule has 1 saturated carbocycles. The van der Waals surface area contributed by atoms with Crippen LogP contribution in [0.15, 0.2) is 0 Å². The second-order valence-corrected chi connectivity index (χ2v) is 5.89. The molecule has 0 aromatic carbocycles. The first kappa shape index (κ1) is 13.0. The summed E-state index contributed by atoms with van der Waals surface area (Å²) in [7, 11) is 0. The minimum absolute atomic E-state index is 0.00235. The smallest absolute Gasteiger partial charge is 0.0599 e. The fourth-order valence-corrected chi connectivity index (χ4v) is 2.01. The van der Waals surface area contributed by atoms with Gasteiger partial charge >= 0.3 is 0 Å². The van der Waals surface area contributed by atoms with E-state index >= 15 is 0 Å². The van der Waals surface area contributed by atoms with Crippen molar-refractivity contribution in [3.63, 3.8) is 0 Å². The van der Waals surface area contributed by atoms with Gasteiger partial charge < -0.3 is 10.1 Å². The maximum atomic E-state index is 5.66. The molecule has 0 unspecified atom stereocenters. The molecule has 90 valence electrons. The van der Waals surface area contributed by atoms with Crippen molar-refractivity contribution in [3.8, 4) is 0 Å². The molecule has 0 spiro atoms. The Morgan fingerprint density at radius 2 is 1.93 bits per heavy atom. The number of hydrogen-bond acceptors (Lipinski definition) is 2. The van der Waals surface area contributed by atoms with E-state index in [1.165, 1.54) is 32.2 Å². The first-order valence-corrected chi connectivity index (χ1v) is 6.32. The topological polar surface area (TPSA) is 21.3 Å². The molecule has 1 aliphatic rings. The molecule has 0 radical (unpaired) electrons. The van der Waals surface area contributed by atoms with Crippen LogP contribution in [0.2, 0.25) is 0 Å². The zero-order valence-electron chi connectivity index (χ0n) is 10.9. The van der Waals surface area contributed by atoms with Gasteiger partial charge in [-0.05, 0) is 45.4 Å². The minimum atomic E-state index is 0.00235. The minimum Gasteiger partial charge on any atom is -0.375 e. The van der Waals surface area contributed by atoms with E-state index in [0.29, 0.717) is 5.41 Å². The first-order chi connectivity index (χ1) is 6.97. The van der Waals surface area contributed by atoms with Crippen molar-refractivity contribution in [3.05, 3.63) is 0 Å². The van der Waals surface area contributed by atoms with Gasteiger partial charge in [-0.3, -0.25) is 0 Å². The molecule has 0 amide bonds. The van der Waals surface area contributed by atoms with Crippen LogP contribution >= 0.6 is 0 Å². The zero-order valence-corrected chi connectivity index (χ0v) is 10.9. The Morgan fingerprint density at radius 1 is 1.27 bits per heavy atom. The van der Waals surface area contributed by atoms with Crippen molar-refractivity contribution >= 4 is 0 Å². The van der Waals surface area contributed by atoms with Gasteiger partial charge in [0.2, 0.25) is 0 Å². The normalized spacial score (nSPS) is 19.2. The standard InChI is InChI=1S/C13H27NO/c1-5-6-13(7-8-13)11-14-9-10-15-12(2,3)4/h14H,5-11H2,1-4H3. The molecular weight excluding hydrogens is 186 g/mol. The second kappa shape index (κ2) is 5.31. The number of ether oxygens (including phenoxy) is 1. The predicted octanol–water partition coefficient (Wildman–Crippen LogP) is 2.97. The summed E-state index contributed by atoms with van der Waals surface area (Å²) in [5.74, 6) is 0. The van der Waals surface area contributed by atoms with Gasteiger partial charge in [0.05, 0.1) is 12.2 Å². The highest BCUT2D eigenvalue weighted by Crippen LogP contribution is 2.48. The van der Waals surface area contributed by atoms with Crippen molar-refractivity contribution in [1.29, 1.82) is 0 Å². The molecule has 1 aliphatic carbocycles. The maximum absolute atomic E-state index is 5.66. The summed E-state index contributed by atoms with van der Waals surface area (Å²) in [5.41, 5.74) is 0.666. The molecule has 1 fully saturated rings. The first-order valence-electron chi connectivity index (χ1n) is 6.32. The van der Waals surface area contributed by atoms with Crippen molar-refractivity contribution in [1.82, 2.24) is 5.32 Å². The SMILES string of the molecule is CCCC1(CNCCOC(C)(C)C)CC1. The molecule has 1 rings (SSSR count). The maximum Gasteiger partial charge on any atom is 0.0599 e. The predicted molar refractivity (Wildman–Crippen MR) is 65.1 cm³/mol. The fourth-order valence-electron chi connectivity index (χ4n) is 2.01. The van der Waals surface area contributed by atoms with Crippen LogP contribution in [-0.4, -0.2) is 25.3 Å². The average molecular weight is 213 g/mol. The largest absolute Gasteiger partial charge is 0.375 e. The van der Waals surface area contributed by atoms with Crippen LogP contribution in [0.5, 0.6) is 0 Å². The lowest BCUT2D eigenvalue weighted by molar-refractivity contribution is -0.00111. The monoisotopic (exact) mass is 213 g/mol. The second-order valence-electron chi connectivity index (χ2n) is 5.89. The molecule has 1 N–H and O–H groups in total. The molecule has 0 aromatic rings. The summed E-state index contributed by atoms with van der Waals surface area (Å²) >= 11 is 0. The number of hydrogen-bond donors (Lipinski definition) is 1. The lowest BCUT2D eigenvalue weighted by Crippen LogP contribution is -2.30. The van der Waals surface area contributed by atoms with Crippen LogP contribution < -0.4 is 5.32 Å². The quantitative estimate of drug-likeness (QED) is 0.656. The van der Waals surface area contributed by atoms with Gasteiger partial charge in [-0.25, -0.2) is 0 Å². The Kier molecular flexibility index (Phi) is 4.60. The molecule has 15 heavy (non-hydrogen) atoms. The molecule has 0 saturated heterocycles. The van der Waals surface area contributed by atoms with Crippen LogP contribution in [0, 0.1) is 5.41 Å². The fraction of sp³-hybridized carbons (Fsp3) is 1.00. The van der Waals surface area contributed by atoms with Gasteiger partial charge in [-0.15, -0.1) is 0 Å². The molecule has 0 heterocycles. The molecular formula is C13H27NO. The van der Waals surface area contributed by atoms with Gasteiger partial charge in [0.15, 0.2) is 0 Å². The van der Waals surface area contributed by atoms with Crippen LogP contribution in [0.1, 0.15) is 53.4 Å². The molecule has 0 aromatic heterocycles. The van der Waals surface area contributed by atoms with E-state index in [9.17, 15) is 0 Å². The third kappa shape index (κ3) is 5.53. The average Bonchev–Trinajstić information content (AvgIpc) is 2.83. The Hall–Kier alpha value is -0.0800. The van der Waals surface area contributed by atoms with E-state index < -0.39 is 0 Å². The highest BCUT2D eigenvalue weighted by atomic mass is 16.5. The summed E-state index contributed by atoms with van der Waals surface area (Å²) in [4.78, 5) is 0. The van der Waals surface area contributed by atoms with Crippen LogP contribution in [0.3, 0.4) is 0 Å². The van der Waals surface area contributed by atoms with E-state index in [1.54, 1.807) is 0 Å². The third-order valence-corrected chi connectivity index (χ3v) is 3.05. The van der Waals surface area contributed by atoms with E-state index in [-0.39, 0.29) is 5.60 Å². The summed E-state index contributed by atoms with van der Waals surface area (Å²) in [6.45, 7) is 11.6. The van der Waals surface area contributed by atoms with Gasteiger partial charge in [-0.1, -0.05) is 13.3 Å². The molecule has 0 atom stereocenters. The number of nitrogens with one attached hydrogen (secondary N) is 1. The Labute approximate surface area is 94.8 Å². The van der Waals surface area contributed by atoms with Gasteiger partial charge in [0, 0.05) is 13.1 Å². The van der Waals surface area contributed by atoms with Gasteiger partial charge in [0.25, 0.3) is 0 Å².